The van der Waals surface area contributed by atoms with Gasteiger partial charge in [-0.15, -0.1) is 0 Å². The van der Waals surface area contributed by atoms with Gasteiger partial charge in [0.15, 0.2) is 11.5 Å². The Kier molecular flexibility index (Phi) is 4.75. The molecule has 0 saturated heterocycles. The summed E-state index contributed by atoms with van der Waals surface area (Å²) in [6.07, 6.45) is 3.39. The number of anilines is 2. The number of halogens is 2. The van der Waals surface area contributed by atoms with E-state index in [4.69, 9.17) is 10.7 Å². The molecule has 1 amide bonds. The van der Waals surface area contributed by atoms with Gasteiger partial charge in [-0.25, -0.2) is 33.2 Å². The van der Waals surface area contributed by atoms with Gasteiger partial charge in [-0.1, -0.05) is 24.3 Å². The fourth-order valence-corrected chi connectivity index (χ4v) is 4.49. The number of fused-ring (bicyclic) bond motifs is 2. The molecule has 1 atom stereocenters. The molecule has 11 heteroatoms. The summed E-state index contributed by atoms with van der Waals surface area (Å²) in [6.45, 7) is 1.70. The van der Waals surface area contributed by atoms with E-state index < -0.39 is 11.2 Å². The molecule has 0 radical (unpaired) electrons. The van der Waals surface area contributed by atoms with Crippen molar-refractivity contribution >= 4 is 23.2 Å². The number of benzene rings is 2. The van der Waals surface area contributed by atoms with Crippen molar-refractivity contribution in [3.05, 3.63) is 95.1 Å². The second-order valence-corrected chi connectivity index (χ2v) is 8.65. The Morgan fingerprint density at radius 3 is 2.42 bits per heavy atom. The predicted octanol–water partition coefficient (Wildman–Crippen LogP) is 3.29. The first kappa shape index (κ1) is 21.7. The largest absolute Gasteiger partial charge is 0.383 e. The van der Waals surface area contributed by atoms with Crippen molar-refractivity contribution in [1.29, 1.82) is 0 Å². The Hall–Kier alpha value is -4.80. The average molecular weight is 484 g/mol. The van der Waals surface area contributed by atoms with E-state index in [0.29, 0.717) is 34.6 Å². The summed E-state index contributed by atoms with van der Waals surface area (Å²) in [6, 6.07) is 11.8. The number of amides is 1. The van der Waals surface area contributed by atoms with Crippen molar-refractivity contribution in [3.63, 3.8) is 0 Å². The van der Waals surface area contributed by atoms with Crippen molar-refractivity contribution < 1.29 is 13.6 Å². The third kappa shape index (κ3) is 3.35. The van der Waals surface area contributed by atoms with Crippen LogP contribution >= 0.6 is 0 Å². The molecular formula is C25H18F2N8O. The van der Waals surface area contributed by atoms with Gasteiger partial charge in [0, 0.05) is 6.42 Å². The Morgan fingerprint density at radius 1 is 1.00 bits per heavy atom. The highest BCUT2D eigenvalue weighted by Crippen LogP contribution is 2.44. The molecule has 9 nitrogen and oxygen atoms in total. The number of rotatable bonds is 4. The molecule has 1 aliphatic rings. The lowest BCUT2D eigenvalue weighted by Gasteiger charge is -2.23. The molecule has 3 aromatic heterocycles. The van der Waals surface area contributed by atoms with Gasteiger partial charge in [0.05, 0.1) is 17.5 Å². The number of aromatic nitrogens is 6. The summed E-state index contributed by atoms with van der Waals surface area (Å²) in [7, 11) is 0. The minimum atomic E-state index is -1.19. The van der Waals surface area contributed by atoms with Crippen molar-refractivity contribution in [2.24, 2.45) is 0 Å². The summed E-state index contributed by atoms with van der Waals surface area (Å²) in [4.78, 5) is 31.1. The lowest BCUT2D eigenvalue weighted by atomic mass is 9.78. The number of nitrogens with one attached hydrogen (secondary N) is 1. The zero-order valence-corrected chi connectivity index (χ0v) is 18.9. The number of carbonyl (C=O) groups excluding carboxylic acids is 1. The molecule has 3 N–H and O–H groups in total. The minimum absolute atomic E-state index is 0.0979. The standard InChI is InChI=1S/C25H18F2N8O/c1-25(14-4-8-16(27)9-5-14)19-20(28)32-21(33-22(19)34-24(25)36)18-11-35-23(29-12-30-35)17(31-18)10-13-2-6-15(26)7-3-13/h2-9,11-12H,10H2,1H3,(H3,28,32,33,34,36). The predicted molar refractivity (Wildman–Crippen MR) is 127 cm³/mol. The zero-order valence-electron chi connectivity index (χ0n) is 18.9. The number of nitrogen functional groups attached to an aromatic ring is 1. The molecule has 2 aromatic carbocycles. The molecule has 5 aromatic rings. The van der Waals surface area contributed by atoms with Crippen LogP contribution in [0.15, 0.2) is 61.1 Å². The van der Waals surface area contributed by atoms with Crippen LogP contribution in [0.5, 0.6) is 0 Å². The quantitative estimate of drug-likeness (QED) is 0.401. The Labute approximate surface area is 203 Å². The SMILES string of the molecule is CC1(c2ccc(F)cc2)C(=O)Nc2nc(-c3cn4ncnc4c(Cc4ccc(F)cc4)n3)nc(N)c21. The molecule has 36 heavy (non-hydrogen) atoms. The first-order valence-electron chi connectivity index (χ1n) is 11.0. The topological polar surface area (TPSA) is 124 Å². The highest BCUT2D eigenvalue weighted by Gasteiger charge is 2.47. The number of nitrogens with two attached hydrogens (primary N) is 1. The molecular weight excluding hydrogens is 466 g/mol. The molecule has 0 spiro atoms. The lowest BCUT2D eigenvalue weighted by Crippen LogP contribution is -2.33. The summed E-state index contributed by atoms with van der Waals surface area (Å²) in [5.74, 6) is -0.543. The van der Waals surface area contributed by atoms with Gasteiger partial charge in [0.1, 0.15) is 40.7 Å². The normalized spacial score (nSPS) is 16.8. The van der Waals surface area contributed by atoms with E-state index in [0.717, 1.165) is 5.56 Å². The van der Waals surface area contributed by atoms with Crippen molar-refractivity contribution in [2.45, 2.75) is 18.8 Å². The highest BCUT2D eigenvalue weighted by molar-refractivity contribution is 6.09. The van der Waals surface area contributed by atoms with E-state index in [1.165, 1.54) is 30.6 Å². The fraction of sp³-hybridized carbons (Fsp3) is 0.120. The average Bonchev–Trinajstić information content (AvgIpc) is 3.44. The van der Waals surface area contributed by atoms with E-state index in [2.05, 4.69) is 25.4 Å². The van der Waals surface area contributed by atoms with Gasteiger partial charge < -0.3 is 11.1 Å². The van der Waals surface area contributed by atoms with Crippen LogP contribution in [0.3, 0.4) is 0 Å². The highest BCUT2D eigenvalue weighted by atomic mass is 19.1. The first-order chi connectivity index (χ1) is 17.3. The number of carbonyl (C=O) groups is 1. The van der Waals surface area contributed by atoms with E-state index in [1.807, 2.05) is 0 Å². The molecule has 1 unspecified atom stereocenters. The van der Waals surface area contributed by atoms with E-state index in [9.17, 15) is 13.6 Å². The minimum Gasteiger partial charge on any atom is -0.383 e. The number of hydrogen-bond donors (Lipinski definition) is 2. The fourth-order valence-electron chi connectivity index (χ4n) is 4.49. The van der Waals surface area contributed by atoms with Crippen LogP contribution in [-0.4, -0.2) is 35.5 Å². The summed E-state index contributed by atoms with van der Waals surface area (Å²) in [5.41, 5.74) is 8.47. The van der Waals surface area contributed by atoms with Gasteiger partial charge in [-0.2, -0.15) is 5.10 Å². The lowest BCUT2D eigenvalue weighted by molar-refractivity contribution is -0.119. The van der Waals surface area contributed by atoms with Crippen LogP contribution in [0.1, 0.15) is 29.3 Å². The van der Waals surface area contributed by atoms with Crippen molar-refractivity contribution in [3.8, 4) is 11.5 Å². The molecule has 4 heterocycles. The molecule has 6 rings (SSSR count). The number of hydrogen-bond acceptors (Lipinski definition) is 7. The maximum Gasteiger partial charge on any atom is 0.240 e. The monoisotopic (exact) mass is 484 g/mol. The van der Waals surface area contributed by atoms with E-state index in [-0.39, 0.29) is 29.2 Å². The van der Waals surface area contributed by atoms with Crippen LogP contribution in [0.2, 0.25) is 0 Å². The molecule has 0 bridgehead atoms. The van der Waals surface area contributed by atoms with E-state index >= 15 is 0 Å². The second-order valence-electron chi connectivity index (χ2n) is 8.65. The first-order valence-corrected chi connectivity index (χ1v) is 11.0. The molecule has 0 aliphatic carbocycles. The van der Waals surface area contributed by atoms with E-state index in [1.54, 1.807) is 41.9 Å². The van der Waals surface area contributed by atoms with Crippen LogP contribution in [0.25, 0.3) is 17.2 Å². The van der Waals surface area contributed by atoms with Gasteiger partial charge in [-0.3, -0.25) is 4.79 Å². The smallest absolute Gasteiger partial charge is 0.240 e. The summed E-state index contributed by atoms with van der Waals surface area (Å²) in [5, 5.41) is 7.00. The van der Waals surface area contributed by atoms with Crippen LogP contribution in [0, 0.1) is 11.6 Å². The third-order valence-electron chi connectivity index (χ3n) is 6.39. The zero-order chi connectivity index (χ0) is 25.0. The molecule has 178 valence electrons. The maximum atomic E-state index is 13.5. The van der Waals surface area contributed by atoms with Gasteiger partial charge in [0.25, 0.3) is 0 Å². The Balaban J connectivity index is 1.45. The van der Waals surface area contributed by atoms with Crippen LogP contribution in [0.4, 0.5) is 20.4 Å². The van der Waals surface area contributed by atoms with Gasteiger partial charge in [-0.05, 0) is 42.3 Å². The second kappa shape index (κ2) is 7.87. The molecule has 0 saturated carbocycles. The van der Waals surface area contributed by atoms with Gasteiger partial charge in [0.2, 0.25) is 5.91 Å². The third-order valence-corrected chi connectivity index (χ3v) is 6.39. The maximum absolute atomic E-state index is 13.5. The molecule has 1 aliphatic heterocycles. The Morgan fingerprint density at radius 2 is 1.69 bits per heavy atom. The summed E-state index contributed by atoms with van der Waals surface area (Å²) < 4.78 is 28.4. The Bertz CT molecular complexity index is 1650. The van der Waals surface area contributed by atoms with Crippen LogP contribution < -0.4 is 11.1 Å². The summed E-state index contributed by atoms with van der Waals surface area (Å²) >= 11 is 0. The van der Waals surface area contributed by atoms with Crippen molar-refractivity contribution in [1.82, 2.24) is 29.5 Å². The van der Waals surface area contributed by atoms with Crippen LogP contribution in [-0.2, 0) is 16.6 Å². The van der Waals surface area contributed by atoms with Crippen molar-refractivity contribution in [2.75, 3.05) is 11.1 Å². The molecule has 0 fully saturated rings. The number of nitrogens with zero attached hydrogens (tertiary/aromatic N) is 6. The van der Waals surface area contributed by atoms with Gasteiger partial charge >= 0.3 is 0 Å².